The minimum absolute atomic E-state index is 0.0530. The molecule has 0 unspecified atom stereocenters. The zero-order valence-corrected chi connectivity index (χ0v) is 15.9. The molecule has 0 aliphatic carbocycles. The highest BCUT2D eigenvalue weighted by atomic mass is 16.4. The Hall–Kier alpha value is -2.21. The van der Waals surface area contributed by atoms with Crippen LogP contribution in [0, 0.1) is 0 Å². The maximum absolute atomic E-state index is 10.4. The van der Waals surface area contributed by atoms with Gasteiger partial charge in [0.15, 0.2) is 0 Å². The highest BCUT2D eigenvalue weighted by molar-refractivity contribution is 5.66. The van der Waals surface area contributed by atoms with Crippen molar-refractivity contribution in [3.63, 3.8) is 0 Å². The number of aliphatic hydroxyl groups is 3. The van der Waals surface area contributed by atoms with Crippen molar-refractivity contribution in [2.24, 2.45) is 0 Å². The van der Waals surface area contributed by atoms with E-state index in [4.69, 9.17) is 5.11 Å². The Bertz CT molecular complexity index is 555. The molecule has 27 heavy (non-hydrogen) atoms. The van der Waals surface area contributed by atoms with Crippen LogP contribution in [0.5, 0.6) is 0 Å². The van der Waals surface area contributed by atoms with Crippen molar-refractivity contribution in [3.05, 3.63) is 72.9 Å². The van der Waals surface area contributed by atoms with E-state index in [2.05, 4.69) is 0 Å². The van der Waals surface area contributed by atoms with Crippen LogP contribution in [0.1, 0.15) is 39.0 Å². The molecule has 5 nitrogen and oxygen atoms in total. The quantitative estimate of drug-likeness (QED) is 0.275. The Morgan fingerprint density at radius 3 is 2.04 bits per heavy atom. The van der Waals surface area contributed by atoms with Crippen LogP contribution >= 0.6 is 0 Å². The van der Waals surface area contributed by atoms with Gasteiger partial charge >= 0.3 is 5.97 Å². The third kappa shape index (κ3) is 17.0. The molecule has 0 saturated heterocycles. The van der Waals surface area contributed by atoms with Crippen molar-refractivity contribution in [2.75, 3.05) is 0 Å². The number of aliphatic hydroxyl groups excluding tert-OH is 3. The fraction of sp³-hybridized carbons (Fsp3) is 0.409. The first-order valence-corrected chi connectivity index (χ1v) is 9.21. The van der Waals surface area contributed by atoms with Crippen LogP contribution in [-0.4, -0.2) is 44.7 Å². The number of rotatable bonds is 14. The Kier molecular flexibility index (Phi) is 15.8. The number of hydrogen-bond donors (Lipinski definition) is 4. The van der Waals surface area contributed by atoms with E-state index in [1.807, 2.05) is 19.1 Å². The van der Waals surface area contributed by atoms with E-state index in [9.17, 15) is 20.1 Å². The summed E-state index contributed by atoms with van der Waals surface area (Å²) in [6.45, 7) is 2.05. The molecule has 0 rings (SSSR count). The van der Waals surface area contributed by atoms with Gasteiger partial charge in [0.1, 0.15) is 0 Å². The van der Waals surface area contributed by atoms with Crippen LogP contribution in [0.4, 0.5) is 0 Å². The van der Waals surface area contributed by atoms with E-state index in [1.54, 1.807) is 54.7 Å². The molecule has 4 N–H and O–H groups in total. The lowest BCUT2D eigenvalue weighted by atomic mass is 10.1. The monoisotopic (exact) mass is 376 g/mol. The third-order valence-electron chi connectivity index (χ3n) is 3.44. The topological polar surface area (TPSA) is 98.0 Å². The van der Waals surface area contributed by atoms with Crippen LogP contribution in [0.15, 0.2) is 72.9 Å². The molecular weight excluding hydrogens is 344 g/mol. The van der Waals surface area contributed by atoms with Gasteiger partial charge in [-0.15, -0.1) is 0 Å². The van der Waals surface area contributed by atoms with E-state index in [1.165, 1.54) is 6.08 Å². The van der Waals surface area contributed by atoms with Crippen molar-refractivity contribution in [3.8, 4) is 0 Å². The van der Waals surface area contributed by atoms with E-state index in [0.29, 0.717) is 12.8 Å². The minimum atomic E-state index is -0.992. The lowest BCUT2D eigenvalue weighted by Crippen LogP contribution is -2.22. The largest absolute Gasteiger partial charge is 0.481 e. The van der Waals surface area contributed by atoms with Crippen LogP contribution in [0.2, 0.25) is 0 Å². The first-order valence-electron chi connectivity index (χ1n) is 9.21. The summed E-state index contributed by atoms with van der Waals surface area (Å²) in [4.78, 5) is 10.4. The molecule has 0 amide bonds. The summed E-state index contributed by atoms with van der Waals surface area (Å²) in [7, 11) is 0. The first-order chi connectivity index (χ1) is 13.0. The number of allylic oxidation sites excluding steroid dienone is 8. The van der Waals surface area contributed by atoms with E-state index < -0.39 is 24.3 Å². The van der Waals surface area contributed by atoms with Gasteiger partial charge < -0.3 is 20.4 Å². The van der Waals surface area contributed by atoms with Crippen molar-refractivity contribution < 1.29 is 25.2 Å². The summed E-state index contributed by atoms with van der Waals surface area (Å²) in [5.74, 6) is -0.861. The van der Waals surface area contributed by atoms with Crippen LogP contribution in [0.3, 0.4) is 0 Å². The van der Waals surface area contributed by atoms with Gasteiger partial charge in [0.2, 0.25) is 0 Å². The predicted molar refractivity (Wildman–Crippen MR) is 109 cm³/mol. The molecule has 0 aromatic carbocycles. The number of carboxylic acid groups (broad SMARTS) is 1. The Morgan fingerprint density at radius 2 is 1.41 bits per heavy atom. The highest BCUT2D eigenvalue weighted by Crippen LogP contribution is 2.03. The fourth-order valence-electron chi connectivity index (χ4n) is 1.94. The second-order valence-electron chi connectivity index (χ2n) is 5.92. The molecule has 0 fully saturated rings. The molecule has 0 aromatic heterocycles. The summed E-state index contributed by atoms with van der Waals surface area (Å²) in [6.07, 6.45) is 20.9. The maximum atomic E-state index is 10.4. The SMILES string of the molecule is CCC=CC[C@@H](O)C=CC=CC=CC=C[C@@H](O)[C@@H](O)CC=CCCC(=O)O. The standard InChI is InChI=1S/C22H32O5/c1-2-3-9-14-19(23)15-10-6-4-5-7-11-16-20(24)21(25)17-12-8-13-18-22(26)27/h3-12,15-16,19-21,23-25H,2,13-14,17-18H2,1H3,(H,26,27)/t19-,20-,21+/m1/s1. The van der Waals surface area contributed by atoms with Crippen molar-refractivity contribution in [1.29, 1.82) is 0 Å². The Labute approximate surface area is 162 Å². The average Bonchev–Trinajstić information content (AvgIpc) is 2.63. The number of carbonyl (C=O) groups is 1. The van der Waals surface area contributed by atoms with E-state index in [-0.39, 0.29) is 12.8 Å². The molecule has 0 aliphatic heterocycles. The Balaban J connectivity index is 4.06. The van der Waals surface area contributed by atoms with Crippen molar-refractivity contribution in [1.82, 2.24) is 0 Å². The minimum Gasteiger partial charge on any atom is -0.481 e. The van der Waals surface area contributed by atoms with E-state index in [0.717, 1.165) is 6.42 Å². The van der Waals surface area contributed by atoms with Crippen LogP contribution < -0.4 is 0 Å². The lowest BCUT2D eigenvalue weighted by molar-refractivity contribution is -0.136. The summed E-state index contributed by atoms with van der Waals surface area (Å²) < 4.78 is 0. The van der Waals surface area contributed by atoms with Gasteiger partial charge in [0.25, 0.3) is 0 Å². The second kappa shape index (κ2) is 17.2. The van der Waals surface area contributed by atoms with Gasteiger partial charge in [-0.3, -0.25) is 4.79 Å². The maximum Gasteiger partial charge on any atom is 0.303 e. The molecule has 0 radical (unpaired) electrons. The summed E-state index contributed by atoms with van der Waals surface area (Å²) in [5, 5.41) is 37.7. The van der Waals surface area contributed by atoms with Crippen LogP contribution in [0.25, 0.3) is 0 Å². The molecule has 0 bridgehead atoms. The summed E-state index contributed by atoms with van der Waals surface area (Å²) in [6, 6.07) is 0. The molecule has 0 aliphatic rings. The first kappa shape index (κ1) is 24.8. The normalized spacial score (nSPS) is 16.6. The summed E-state index contributed by atoms with van der Waals surface area (Å²) in [5.41, 5.74) is 0. The van der Waals surface area contributed by atoms with Gasteiger partial charge in [-0.25, -0.2) is 0 Å². The second-order valence-corrected chi connectivity index (χ2v) is 5.92. The van der Waals surface area contributed by atoms with Crippen molar-refractivity contribution >= 4 is 5.97 Å². The molecule has 0 saturated carbocycles. The number of carboxylic acids is 1. The molecular formula is C22H32O5. The van der Waals surface area contributed by atoms with Gasteiger partial charge in [0.05, 0.1) is 18.3 Å². The number of aliphatic carboxylic acids is 1. The van der Waals surface area contributed by atoms with Crippen molar-refractivity contribution in [2.45, 2.75) is 57.3 Å². The predicted octanol–water partition coefficient (Wildman–Crippen LogP) is 3.46. The molecule has 150 valence electrons. The van der Waals surface area contributed by atoms with Gasteiger partial charge in [-0.1, -0.05) is 79.8 Å². The zero-order valence-electron chi connectivity index (χ0n) is 15.9. The molecule has 0 aromatic rings. The highest BCUT2D eigenvalue weighted by Gasteiger charge is 2.10. The Morgan fingerprint density at radius 1 is 0.815 bits per heavy atom. The summed E-state index contributed by atoms with van der Waals surface area (Å²) >= 11 is 0. The lowest BCUT2D eigenvalue weighted by Gasteiger charge is -2.11. The average molecular weight is 376 g/mol. The van der Waals surface area contributed by atoms with Crippen LogP contribution in [-0.2, 0) is 4.79 Å². The van der Waals surface area contributed by atoms with Gasteiger partial charge in [-0.2, -0.15) is 0 Å². The van der Waals surface area contributed by atoms with E-state index >= 15 is 0 Å². The smallest absolute Gasteiger partial charge is 0.303 e. The fourth-order valence-corrected chi connectivity index (χ4v) is 1.94. The molecule has 0 spiro atoms. The third-order valence-corrected chi connectivity index (χ3v) is 3.44. The zero-order chi connectivity index (χ0) is 20.3. The molecule has 5 heteroatoms. The number of hydrogen-bond acceptors (Lipinski definition) is 4. The molecule has 3 atom stereocenters. The molecule has 0 heterocycles. The van der Waals surface area contributed by atoms with Gasteiger partial charge in [0, 0.05) is 6.42 Å². The van der Waals surface area contributed by atoms with Gasteiger partial charge in [-0.05, 0) is 25.7 Å².